The van der Waals surface area contributed by atoms with Crippen molar-refractivity contribution in [3.8, 4) is 34.1 Å². The van der Waals surface area contributed by atoms with Gasteiger partial charge in [-0.3, -0.25) is 4.79 Å². The Kier molecular flexibility index (Phi) is 8.80. The van der Waals surface area contributed by atoms with Crippen LogP contribution in [0.15, 0.2) is 45.8 Å². The molecule has 0 aliphatic carbocycles. The Balaban J connectivity index is 1.30. The number of hydrogen-bond donors (Lipinski definition) is 7. The summed E-state index contributed by atoms with van der Waals surface area (Å²) in [7, 11) is 2.70. The van der Waals surface area contributed by atoms with Crippen LogP contribution in [0.5, 0.6) is 23.0 Å². The van der Waals surface area contributed by atoms with Gasteiger partial charge in [0.15, 0.2) is 17.8 Å². The van der Waals surface area contributed by atoms with Crippen LogP contribution in [0.1, 0.15) is 0 Å². The van der Waals surface area contributed by atoms with Crippen LogP contribution in [0.2, 0.25) is 0 Å². The van der Waals surface area contributed by atoms with E-state index in [2.05, 4.69) is 0 Å². The number of phenols is 1. The van der Waals surface area contributed by atoms with Gasteiger partial charge in [0.1, 0.15) is 59.1 Å². The van der Waals surface area contributed by atoms with Crippen molar-refractivity contribution in [3.63, 3.8) is 0 Å². The third-order valence-electron chi connectivity index (χ3n) is 7.47. The molecule has 2 aliphatic heterocycles. The third-order valence-corrected chi connectivity index (χ3v) is 7.47. The SMILES string of the molecule is COc1cc2occ(-c3ccc(O[C@H]4O[C@@H](CO[C@@H]5OC[C@](O)(CO)[C@H]5O)[C@H](O)[C@@H](O)[C@@H]4O)cc3)c(=O)c2c(O)c1OC. The molecule has 0 spiro atoms. The van der Waals surface area contributed by atoms with Crippen molar-refractivity contribution in [2.75, 3.05) is 34.0 Å². The van der Waals surface area contributed by atoms with Gasteiger partial charge in [-0.25, -0.2) is 0 Å². The summed E-state index contributed by atoms with van der Waals surface area (Å²) in [6.07, 6.45) is -9.37. The average Bonchev–Trinajstić information content (AvgIpc) is 3.30. The fourth-order valence-corrected chi connectivity index (χ4v) is 4.90. The molecule has 0 radical (unpaired) electrons. The number of fused-ring (bicyclic) bond motifs is 1. The molecule has 0 bridgehead atoms. The molecule has 2 saturated heterocycles. The first-order chi connectivity index (χ1) is 20.5. The molecule has 0 amide bonds. The molecule has 234 valence electrons. The summed E-state index contributed by atoms with van der Waals surface area (Å²) in [5.41, 5.74) is -1.84. The van der Waals surface area contributed by atoms with Crippen molar-refractivity contribution in [2.24, 2.45) is 0 Å². The highest BCUT2D eigenvalue weighted by atomic mass is 16.7. The topological polar surface area (TPSA) is 227 Å². The lowest BCUT2D eigenvalue weighted by Gasteiger charge is -2.40. The number of aromatic hydroxyl groups is 1. The van der Waals surface area contributed by atoms with Gasteiger partial charge in [-0.1, -0.05) is 12.1 Å². The van der Waals surface area contributed by atoms with E-state index in [1.54, 1.807) is 0 Å². The molecule has 2 fully saturated rings. The van der Waals surface area contributed by atoms with E-state index in [9.17, 15) is 40.5 Å². The largest absolute Gasteiger partial charge is 0.504 e. The minimum Gasteiger partial charge on any atom is -0.504 e. The normalized spacial score (nSPS) is 30.8. The zero-order valence-corrected chi connectivity index (χ0v) is 23.0. The molecule has 7 N–H and O–H groups in total. The average molecular weight is 609 g/mol. The van der Waals surface area contributed by atoms with E-state index in [1.165, 1.54) is 50.8 Å². The van der Waals surface area contributed by atoms with Crippen LogP contribution in [-0.4, -0.2) is 118 Å². The molecule has 3 heterocycles. The molecule has 3 aromatic rings. The number of methoxy groups -OCH3 is 2. The maximum atomic E-state index is 13.3. The Morgan fingerprint density at radius 3 is 2.35 bits per heavy atom. The van der Waals surface area contributed by atoms with Gasteiger partial charge >= 0.3 is 0 Å². The van der Waals surface area contributed by atoms with E-state index in [-0.39, 0.29) is 33.8 Å². The lowest BCUT2D eigenvalue weighted by molar-refractivity contribution is -0.289. The Morgan fingerprint density at radius 1 is 1.00 bits per heavy atom. The molecule has 15 heteroatoms. The summed E-state index contributed by atoms with van der Waals surface area (Å²) in [4.78, 5) is 13.3. The maximum absolute atomic E-state index is 13.3. The monoisotopic (exact) mass is 608 g/mol. The van der Waals surface area contributed by atoms with Gasteiger partial charge in [-0.15, -0.1) is 0 Å². The standard InChI is InChI=1S/C28H32O15/c1-37-16-7-15-18(21(32)24(16)38-2)19(30)14(8-39-15)12-3-5-13(6-4-12)42-26-23(34)22(33)20(31)17(43-26)9-40-27-25(35)28(36,10-29)11-41-27/h3-8,17,20,22-23,25-27,29,31-36H,9-11H2,1-2H3/t17-,20-,22+,23-,25-,26-,27+,28+/m0/s1. The fourth-order valence-electron chi connectivity index (χ4n) is 4.90. The number of aliphatic hydroxyl groups is 6. The molecule has 2 aliphatic rings. The van der Waals surface area contributed by atoms with Crippen molar-refractivity contribution in [1.82, 2.24) is 0 Å². The molecule has 0 saturated carbocycles. The maximum Gasteiger partial charge on any atom is 0.229 e. The molecule has 0 unspecified atom stereocenters. The molecule has 1 aromatic heterocycles. The quantitative estimate of drug-likeness (QED) is 0.152. The van der Waals surface area contributed by atoms with Gasteiger partial charge in [0.05, 0.1) is 39.6 Å². The summed E-state index contributed by atoms with van der Waals surface area (Å²) < 4.78 is 37.8. The number of ether oxygens (including phenoxy) is 6. The van der Waals surface area contributed by atoms with Crippen molar-refractivity contribution < 1.29 is 68.6 Å². The minimum atomic E-state index is -1.92. The minimum absolute atomic E-state index is 0.0242. The predicted molar refractivity (Wildman–Crippen MR) is 144 cm³/mol. The summed E-state index contributed by atoms with van der Waals surface area (Å²) >= 11 is 0. The zero-order chi connectivity index (χ0) is 31.1. The van der Waals surface area contributed by atoms with Crippen LogP contribution in [0.25, 0.3) is 22.1 Å². The summed E-state index contributed by atoms with van der Waals surface area (Å²) in [6, 6.07) is 7.39. The van der Waals surface area contributed by atoms with Crippen LogP contribution in [-0.2, 0) is 14.2 Å². The summed E-state index contributed by atoms with van der Waals surface area (Å²) in [5, 5.41) is 71.3. The number of phenolic OH excluding ortho intramolecular Hbond substituents is 1. The Bertz CT molecular complexity index is 1490. The Morgan fingerprint density at radius 2 is 1.72 bits per heavy atom. The van der Waals surface area contributed by atoms with Crippen LogP contribution in [0, 0.1) is 0 Å². The second kappa shape index (κ2) is 12.2. The number of benzene rings is 2. The smallest absolute Gasteiger partial charge is 0.229 e. The highest BCUT2D eigenvalue weighted by Crippen LogP contribution is 2.42. The number of hydrogen-bond acceptors (Lipinski definition) is 15. The first kappa shape index (κ1) is 30.9. The highest BCUT2D eigenvalue weighted by Gasteiger charge is 2.50. The summed E-state index contributed by atoms with van der Waals surface area (Å²) in [5.74, 6) is -0.114. The number of rotatable bonds is 9. The van der Waals surface area contributed by atoms with E-state index in [4.69, 9.17) is 32.8 Å². The van der Waals surface area contributed by atoms with Gasteiger partial charge in [0.2, 0.25) is 17.5 Å². The Labute approximate surface area is 243 Å². The van der Waals surface area contributed by atoms with Crippen molar-refractivity contribution in [2.45, 2.75) is 48.7 Å². The van der Waals surface area contributed by atoms with Crippen LogP contribution in [0.4, 0.5) is 0 Å². The molecule has 15 nitrogen and oxygen atoms in total. The van der Waals surface area contributed by atoms with Gasteiger partial charge in [0.25, 0.3) is 0 Å². The van der Waals surface area contributed by atoms with E-state index >= 15 is 0 Å². The lowest BCUT2D eigenvalue weighted by atomic mass is 9.99. The fraction of sp³-hybridized carbons (Fsp3) is 0.464. The predicted octanol–water partition coefficient (Wildman–Crippen LogP) is -1.17. The first-order valence-electron chi connectivity index (χ1n) is 13.1. The highest BCUT2D eigenvalue weighted by molar-refractivity contribution is 5.91. The van der Waals surface area contributed by atoms with Gasteiger partial charge in [-0.05, 0) is 17.7 Å². The van der Waals surface area contributed by atoms with Crippen molar-refractivity contribution in [1.29, 1.82) is 0 Å². The van der Waals surface area contributed by atoms with Crippen LogP contribution < -0.4 is 19.6 Å². The van der Waals surface area contributed by atoms with E-state index in [0.29, 0.717) is 5.56 Å². The second-order valence-electron chi connectivity index (χ2n) is 10.2. The van der Waals surface area contributed by atoms with Crippen molar-refractivity contribution in [3.05, 3.63) is 46.8 Å². The Hall–Kier alpha value is -3.51. The second-order valence-corrected chi connectivity index (χ2v) is 10.2. The molecule has 2 aromatic carbocycles. The molecular weight excluding hydrogens is 576 g/mol. The van der Waals surface area contributed by atoms with Gasteiger partial charge < -0.3 is 68.6 Å². The van der Waals surface area contributed by atoms with Crippen LogP contribution >= 0.6 is 0 Å². The molecule has 5 rings (SSSR count). The number of aliphatic hydroxyl groups excluding tert-OH is 5. The van der Waals surface area contributed by atoms with Crippen molar-refractivity contribution >= 4 is 11.0 Å². The van der Waals surface area contributed by atoms with E-state index in [1.807, 2.05) is 0 Å². The lowest BCUT2D eigenvalue weighted by Crippen LogP contribution is -2.60. The molecular formula is C28H32O15. The zero-order valence-electron chi connectivity index (χ0n) is 23.0. The van der Waals surface area contributed by atoms with E-state index in [0.717, 1.165) is 0 Å². The molecule has 43 heavy (non-hydrogen) atoms. The van der Waals surface area contributed by atoms with Gasteiger partial charge in [-0.2, -0.15) is 0 Å². The first-order valence-corrected chi connectivity index (χ1v) is 13.1. The summed E-state index contributed by atoms with van der Waals surface area (Å²) in [6.45, 7) is -1.60. The van der Waals surface area contributed by atoms with Crippen LogP contribution in [0.3, 0.4) is 0 Å². The van der Waals surface area contributed by atoms with E-state index < -0.39 is 79.7 Å². The third kappa shape index (κ3) is 5.62. The van der Waals surface area contributed by atoms with Gasteiger partial charge in [0, 0.05) is 6.07 Å². The molecule has 8 atom stereocenters.